The SMILES string of the molecule is C/C1=C/C[C@@H](c2ccc3ccc(C)nc3c2)OC(=O)CC(O)C(C)(C)C(=O)C(C)[C@@H](O)C(C)CCC1. The van der Waals surface area contributed by atoms with Crippen molar-refractivity contribution < 1.29 is 24.5 Å². The lowest BCUT2D eigenvalue weighted by atomic mass is 9.73. The second kappa shape index (κ2) is 11.7. The van der Waals surface area contributed by atoms with Gasteiger partial charge in [-0.25, -0.2) is 0 Å². The number of esters is 1. The Bertz CT molecular complexity index is 1120. The van der Waals surface area contributed by atoms with Crippen molar-refractivity contribution >= 4 is 22.7 Å². The molecule has 0 bridgehead atoms. The van der Waals surface area contributed by atoms with Crippen molar-refractivity contribution in [3.05, 3.63) is 53.2 Å². The van der Waals surface area contributed by atoms with Crippen molar-refractivity contribution in [2.75, 3.05) is 0 Å². The van der Waals surface area contributed by atoms with Crippen molar-refractivity contribution in [2.45, 2.75) is 92.0 Å². The first kappa shape index (κ1) is 28.0. The van der Waals surface area contributed by atoms with Gasteiger partial charge in [0.25, 0.3) is 0 Å². The van der Waals surface area contributed by atoms with Crippen LogP contribution >= 0.6 is 0 Å². The molecule has 2 aromatic rings. The Kier molecular flexibility index (Phi) is 9.07. The van der Waals surface area contributed by atoms with E-state index in [4.69, 9.17) is 4.74 Å². The predicted molar refractivity (Wildman–Crippen MR) is 141 cm³/mol. The van der Waals surface area contributed by atoms with Gasteiger partial charge in [0, 0.05) is 23.4 Å². The summed E-state index contributed by atoms with van der Waals surface area (Å²) in [5.41, 5.74) is 2.57. The molecule has 3 rings (SSSR count). The number of aliphatic hydroxyl groups excluding tert-OH is 2. The zero-order valence-electron chi connectivity index (χ0n) is 22.5. The van der Waals surface area contributed by atoms with Gasteiger partial charge in [0.05, 0.1) is 29.6 Å². The molecule has 0 saturated carbocycles. The van der Waals surface area contributed by atoms with Crippen LogP contribution in [0.2, 0.25) is 0 Å². The van der Waals surface area contributed by atoms with Crippen molar-refractivity contribution in [2.24, 2.45) is 17.3 Å². The number of pyridine rings is 1. The minimum Gasteiger partial charge on any atom is -0.457 e. The average molecular weight is 496 g/mol. The third kappa shape index (κ3) is 6.60. The number of ether oxygens (including phenoxy) is 1. The summed E-state index contributed by atoms with van der Waals surface area (Å²) in [6.07, 6.45) is 2.28. The molecule has 2 heterocycles. The minimum absolute atomic E-state index is 0.0520. The van der Waals surface area contributed by atoms with E-state index in [1.807, 2.05) is 44.2 Å². The molecule has 0 spiro atoms. The van der Waals surface area contributed by atoms with Gasteiger partial charge in [-0.2, -0.15) is 0 Å². The number of rotatable bonds is 1. The van der Waals surface area contributed by atoms with Gasteiger partial charge >= 0.3 is 5.97 Å². The lowest BCUT2D eigenvalue weighted by Gasteiger charge is -2.34. The summed E-state index contributed by atoms with van der Waals surface area (Å²) >= 11 is 0. The van der Waals surface area contributed by atoms with E-state index >= 15 is 0 Å². The maximum absolute atomic E-state index is 13.2. The smallest absolute Gasteiger partial charge is 0.309 e. The molecule has 0 fully saturated rings. The quantitative estimate of drug-likeness (QED) is 0.393. The summed E-state index contributed by atoms with van der Waals surface area (Å²) < 4.78 is 5.90. The minimum atomic E-state index is -1.23. The Morgan fingerprint density at radius 3 is 2.47 bits per heavy atom. The Morgan fingerprint density at radius 2 is 1.75 bits per heavy atom. The molecular weight excluding hydrogens is 454 g/mol. The number of aryl methyl sites for hydroxylation is 1. The molecule has 1 aliphatic heterocycles. The largest absolute Gasteiger partial charge is 0.457 e. The zero-order valence-corrected chi connectivity index (χ0v) is 22.5. The average Bonchev–Trinajstić information content (AvgIpc) is 2.83. The fourth-order valence-electron chi connectivity index (χ4n) is 4.99. The van der Waals surface area contributed by atoms with Crippen LogP contribution in [0.25, 0.3) is 10.9 Å². The maximum Gasteiger partial charge on any atom is 0.309 e. The van der Waals surface area contributed by atoms with E-state index in [2.05, 4.69) is 18.0 Å². The number of carbonyl (C=O) groups is 2. The fraction of sp³-hybridized carbons (Fsp3) is 0.567. The van der Waals surface area contributed by atoms with E-state index in [-0.39, 0.29) is 18.1 Å². The summed E-state index contributed by atoms with van der Waals surface area (Å²) in [6.45, 7) is 10.9. The molecular formula is C30H41NO5. The van der Waals surface area contributed by atoms with Crippen LogP contribution < -0.4 is 0 Å². The Hall–Kier alpha value is -2.57. The number of hydrogen-bond acceptors (Lipinski definition) is 6. The Morgan fingerprint density at radius 1 is 1.06 bits per heavy atom. The summed E-state index contributed by atoms with van der Waals surface area (Å²) in [7, 11) is 0. The van der Waals surface area contributed by atoms with Gasteiger partial charge in [-0.1, -0.05) is 57.5 Å². The van der Waals surface area contributed by atoms with E-state index in [1.54, 1.807) is 20.8 Å². The van der Waals surface area contributed by atoms with E-state index in [0.29, 0.717) is 6.42 Å². The number of carbonyl (C=O) groups excluding carboxylic acids is 2. The molecule has 0 saturated heterocycles. The number of aromatic nitrogens is 1. The summed E-state index contributed by atoms with van der Waals surface area (Å²) in [4.78, 5) is 30.8. The monoisotopic (exact) mass is 495 g/mol. The first-order valence-electron chi connectivity index (χ1n) is 13.0. The van der Waals surface area contributed by atoms with Crippen LogP contribution in [-0.4, -0.2) is 39.2 Å². The highest BCUT2D eigenvalue weighted by Crippen LogP contribution is 2.33. The summed E-state index contributed by atoms with van der Waals surface area (Å²) in [5.74, 6) is -1.52. The van der Waals surface area contributed by atoms with Crippen LogP contribution in [0.1, 0.15) is 84.1 Å². The highest BCUT2D eigenvalue weighted by atomic mass is 16.5. The van der Waals surface area contributed by atoms with Crippen LogP contribution in [0.15, 0.2) is 42.0 Å². The number of cyclic esters (lactones) is 1. The number of hydrogen-bond donors (Lipinski definition) is 2. The molecule has 2 N–H and O–H groups in total. The number of fused-ring (bicyclic) bond motifs is 1. The summed E-state index contributed by atoms with van der Waals surface area (Å²) in [6, 6.07) is 9.87. The first-order chi connectivity index (χ1) is 16.9. The van der Waals surface area contributed by atoms with Gasteiger partial charge < -0.3 is 14.9 Å². The van der Waals surface area contributed by atoms with E-state index in [0.717, 1.165) is 41.4 Å². The Labute approximate surface area is 214 Å². The Balaban J connectivity index is 1.93. The van der Waals surface area contributed by atoms with Gasteiger partial charge in [0.1, 0.15) is 11.9 Å². The van der Waals surface area contributed by atoms with Crippen LogP contribution in [-0.2, 0) is 14.3 Å². The molecule has 5 atom stereocenters. The van der Waals surface area contributed by atoms with E-state index in [9.17, 15) is 19.8 Å². The highest BCUT2D eigenvalue weighted by Gasteiger charge is 2.42. The molecule has 6 nitrogen and oxygen atoms in total. The van der Waals surface area contributed by atoms with Gasteiger partial charge in [0.2, 0.25) is 0 Å². The molecule has 196 valence electrons. The van der Waals surface area contributed by atoms with Crippen LogP contribution in [0.5, 0.6) is 0 Å². The molecule has 1 aromatic carbocycles. The topological polar surface area (TPSA) is 96.7 Å². The second-order valence-corrected chi connectivity index (χ2v) is 11.1. The highest BCUT2D eigenvalue weighted by molar-refractivity contribution is 5.88. The second-order valence-electron chi connectivity index (χ2n) is 11.1. The number of allylic oxidation sites excluding steroid dienone is 1. The molecule has 6 heteroatoms. The molecule has 0 aliphatic carbocycles. The number of nitrogens with zero attached hydrogens (tertiary/aromatic N) is 1. The molecule has 1 aromatic heterocycles. The summed E-state index contributed by atoms with van der Waals surface area (Å²) in [5, 5.41) is 22.7. The number of aliphatic hydroxyl groups is 2. The van der Waals surface area contributed by atoms with Crippen LogP contribution in [0.4, 0.5) is 0 Å². The number of benzene rings is 1. The normalized spacial score (nSPS) is 30.4. The van der Waals surface area contributed by atoms with E-state index < -0.39 is 35.6 Å². The maximum atomic E-state index is 13.2. The van der Waals surface area contributed by atoms with Crippen molar-refractivity contribution in [1.82, 2.24) is 4.98 Å². The first-order valence-corrected chi connectivity index (χ1v) is 13.0. The van der Waals surface area contributed by atoms with Crippen molar-refractivity contribution in [3.8, 4) is 0 Å². The van der Waals surface area contributed by atoms with Crippen molar-refractivity contribution in [3.63, 3.8) is 0 Å². The lowest BCUT2D eigenvalue weighted by Crippen LogP contribution is -2.45. The molecule has 3 unspecified atom stereocenters. The third-order valence-electron chi connectivity index (χ3n) is 7.75. The number of ketones is 1. The number of Topliss-reactive ketones (excluding diaryl/α,β-unsaturated/α-hetero) is 1. The fourth-order valence-corrected chi connectivity index (χ4v) is 4.99. The predicted octanol–water partition coefficient (Wildman–Crippen LogP) is 5.63. The van der Waals surface area contributed by atoms with E-state index in [1.165, 1.54) is 5.57 Å². The standard InChI is InChI=1S/C30H41NO5/c1-18-8-7-9-19(2)28(34)21(4)29(35)30(5,6)26(32)17-27(33)36-25(15-10-18)23-14-13-22-12-11-20(3)31-24(22)16-23/h10-14,16,19,21,25-26,28,32,34H,7-9,15,17H2,1-6H3/b18-10-/t19?,21?,25-,26?,28-/m0/s1. The van der Waals surface area contributed by atoms with Gasteiger partial charge in [-0.05, 0) is 56.7 Å². The third-order valence-corrected chi connectivity index (χ3v) is 7.75. The molecule has 36 heavy (non-hydrogen) atoms. The van der Waals surface area contributed by atoms with Gasteiger partial charge in [0.15, 0.2) is 0 Å². The lowest BCUT2D eigenvalue weighted by molar-refractivity contribution is -0.155. The molecule has 0 radical (unpaired) electrons. The van der Waals surface area contributed by atoms with Crippen molar-refractivity contribution in [1.29, 1.82) is 0 Å². The molecule has 0 amide bonds. The van der Waals surface area contributed by atoms with Gasteiger partial charge in [-0.3, -0.25) is 14.6 Å². The van der Waals surface area contributed by atoms with Gasteiger partial charge in [-0.15, -0.1) is 0 Å². The zero-order chi connectivity index (χ0) is 26.6. The van der Waals surface area contributed by atoms with Crippen LogP contribution in [0, 0.1) is 24.2 Å². The van der Waals surface area contributed by atoms with Crippen LogP contribution in [0.3, 0.4) is 0 Å². The molecule has 1 aliphatic rings.